The van der Waals surface area contributed by atoms with Gasteiger partial charge < -0.3 is 9.80 Å². The van der Waals surface area contributed by atoms with E-state index in [-0.39, 0.29) is 24.5 Å². The highest BCUT2D eigenvalue weighted by molar-refractivity contribution is 5.98. The van der Waals surface area contributed by atoms with E-state index in [9.17, 15) is 9.59 Å². The summed E-state index contributed by atoms with van der Waals surface area (Å²) in [4.78, 5) is 37.4. The molecule has 3 heterocycles. The Morgan fingerprint density at radius 1 is 1.00 bits per heavy atom. The van der Waals surface area contributed by atoms with E-state index in [1.807, 2.05) is 30.1 Å². The molecule has 4 rings (SSSR count). The summed E-state index contributed by atoms with van der Waals surface area (Å²) in [6.45, 7) is 2.62. The Kier molecular flexibility index (Phi) is 5.01. The van der Waals surface area contributed by atoms with Crippen LogP contribution >= 0.6 is 0 Å². The second kappa shape index (κ2) is 7.75. The molecule has 8 heteroatoms. The van der Waals surface area contributed by atoms with Crippen LogP contribution in [-0.4, -0.2) is 62.5 Å². The fourth-order valence-corrected chi connectivity index (χ4v) is 3.52. The summed E-state index contributed by atoms with van der Waals surface area (Å²) in [5, 5.41) is 5.17. The lowest BCUT2D eigenvalue weighted by atomic mass is 10.1. The first-order valence-electron chi connectivity index (χ1n) is 9.37. The Morgan fingerprint density at radius 3 is 2.50 bits per heavy atom. The summed E-state index contributed by atoms with van der Waals surface area (Å²) in [6, 6.07) is 9.11. The fraction of sp³-hybridized carbons (Fsp3) is 0.350. The van der Waals surface area contributed by atoms with Gasteiger partial charge in [-0.05, 0) is 0 Å². The minimum absolute atomic E-state index is 0.00698. The number of piperazine rings is 1. The van der Waals surface area contributed by atoms with E-state index in [2.05, 4.69) is 20.0 Å². The largest absolute Gasteiger partial charge is 0.352 e. The molecule has 144 valence electrons. The lowest BCUT2D eigenvalue weighted by molar-refractivity contribution is -0.131. The van der Waals surface area contributed by atoms with Crippen LogP contribution in [0, 0.1) is 0 Å². The van der Waals surface area contributed by atoms with Gasteiger partial charge in [-0.15, -0.1) is 0 Å². The van der Waals surface area contributed by atoms with Crippen LogP contribution in [0.4, 0.5) is 5.82 Å². The van der Waals surface area contributed by atoms with Crippen molar-refractivity contribution in [2.45, 2.75) is 12.8 Å². The van der Waals surface area contributed by atoms with E-state index in [0.717, 1.165) is 16.9 Å². The van der Waals surface area contributed by atoms with Crippen LogP contribution in [0.25, 0.3) is 11.0 Å². The maximum atomic E-state index is 12.5. The topological polar surface area (TPSA) is 84.2 Å². The second-order valence-corrected chi connectivity index (χ2v) is 6.86. The van der Waals surface area contributed by atoms with Gasteiger partial charge in [0.05, 0.1) is 11.6 Å². The van der Waals surface area contributed by atoms with Crippen LogP contribution in [0.1, 0.15) is 23.2 Å². The van der Waals surface area contributed by atoms with Crippen molar-refractivity contribution < 1.29 is 9.59 Å². The summed E-state index contributed by atoms with van der Waals surface area (Å²) >= 11 is 0. The van der Waals surface area contributed by atoms with Gasteiger partial charge in [0.2, 0.25) is 5.91 Å². The number of hydrogen-bond donors (Lipinski definition) is 0. The molecule has 0 saturated carbocycles. The van der Waals surface area contributed by atoms with Gasteiger partial charge in [-0.25, -0.2) is 9.97 Å². The summed E-state index contributed by atoms with van der Waals surface area (Å²) < 4.78 is 1.73. The van der Waals surface area contributed by atoms with Crippen molar-refractivity contribution >= 4 is 28.5 Å². The molecule has 0 radical (unpaired) electrons. The number of aryl methyl sites for hydroxylation is 1. The van der Waals surface area contributed by atoms with E-state index >= 15 is 0 Å². The van der Waals surface area contributed by atoms with Crippen molar-refractivity contribution in [3.05, 3.63) is 48.4 Å². The average Bonchev–Trinajstić information content (AvgIpc) is 3.13. The maximum absolute atomic E-state index is 12.5. The normalized spacial score (nSPS) is 14.5. The zero-order valence-electron chi connectivity index (χ0n) is 15.8. The molecule has 0 atom stereocenters. The molecular weight excluding hydrogens is 356 g/mol. The zero-order valence-corrected chi connectivity index (χ0v) is 15.8. The van der Waals surface area contributed by atoms with Gasteiger partial charge in [0.25, 0.3) is 0 Å². The van der Waals surface area contributed by atoms with Gasteiger partial charge >= 0.3 is 0 Å². The minimum atomic E-state index is 0.00698. The molecule has 0 unspecified atom stereocenters. The number of nitrogens with zero attached hydrogens (tertiary/aromatic N) is 6. The van der Waals surface area contributed by atoms with Crippen LogP contribution in [0.3, 0.4) is 0 Å². The molecule has 1 amide bonds. The van der Waals surface area contributed by atoms with Crippen molar-refractivity contribution in [1.29, 1.82) is 0 Å². The lowest BCUT2D eigenvalue weighted by Crippen LogP contribution is -2.49. The van der Waals surface area contributed by atoms with Crippen molar-refractivity contribution in [3.8, 4) is 0 Å². The van der Waals surface area contributed by atoms with Crippen LogP contribution in [0.2, 0.25) is 0 Å². The first-order valence-corrected chi connectivity index (χ1v) is 9.37. The summed E-state index contributed by atoms with van der Waals surface area (Å²) in [5.74, 6) is 0.884. The first kappa shape index (κ1) is 18.1. The Bertz CT molecular complexity index is 992. The molecule has 1 aromatic carbocycles. The van der Waals surface area contributed by atoms with Gasteiger partial charge in [0.15, 0.2) is 11.4 Å². The number of hydrogen-bond acceptors (Lipinski definition) is 6. The summed E-state index contributed by atoms with van der Waals surface area (Å²) in [6.07, 6.45) is 3.81. The summed E-state index contributed by atoms with van der Waals surface area (Å²) in [5.41, 5.74) is 1.45. The number of carbonyl (C=O) groups excluding carboxylic acids is 2. The number of ketones is 1. The van der Waals surface area contributed by atoms with Crippen molar-refractivity contribution in [2.24, 2.45) is 7.05 Å². The van der Waals surface area contributed by atoms with Crippen LogP contribution in [-0.2, 0) is 11.8 Å². The lowest BCUT2D eigenvalue weighted by Gasteiger charge is -2.35. The van der Waals surface area contributed by atoms with Crippen LogP contribution in [0.15, 0.2) is 42.9 Å². The zero-order chi connectivity index (χ0) is 19.5. The predicted octanol–water partition coefficient (Wildman–Crippen LogP) is 1.67. The smallest absolute Gasteiger partial charge is 0.223 e. The van der Waals surface area contributed by atoms with Crippen LogP contribution < -0.4 is 4.90 Å². The molecule has 3 aromatic rings. The number of benzene rings is 1. The molecule has 0 aliphatic carbocycles. The standard InChI is InChI=1S/C20H22N6O2/c1-24-19-16(13-23-24)20(22-14-21-19)26-11-9-25(10-12-26)18(28)8-7-17(27)15-5-3-2-4-6-15/h2-6,13-14H,7-12H2,1H3. The molecule has 0 N–H and O–H groups in total. The number of amides is 1. The van der Waals surface area contributed by atoms with Gasteiger partial charge in [-0.3, -0.25) is 14.3 Å². The highest BCUT2D eigenvalue weighted by Crippen LogP contribution is 2.23. The molecule has 0 bridgehead atoms. The molecule has 0 spiro atoms. The molecular formula is C20H22N6O2. The molecule has 2 aromatic heterocycles. The molecule has 1 aliphatic rings. The number of fused-ring (bicyclic) bond motifs is 1. The van der Waals surface area contributed by atoms with Gasteiger partial charge in [-0.2, -0.15) is 5.10 Å². The number of rotatable bonds is 5. The molecule has 8 nitrogen and oxygen atoms in total. The Morgan fingerprint density at radius 2 is 1.75 bits per heavy atom. The molecule has 28 heavy (non-hydrogen) atoms. The monoisotopic (exact) mass is 378 g/mol. The second-order valence-electron chi connectivity index (χ2n) is 6.86. The van der Waals surface area contributed by atoms with Gasteiger partial charge in [-0.1, -0.05) is 30.3 Å². The van der Waals surface area contributed by atoms with E-state index < -0.39 is 0 Å². The van der Waals surface area contributed by atoms with Crippen molar-refractivity contribution in [2.75, 3.05) is 31.1 Å². The van der Waals surface area contributed by atoms with Crippen molar-refractivity contribution in [1.82, 2.24) is 24.6 Å². The maximum Gasteiger partial charge on any atom is 0.223 e. The number of anilines is 1. The third kappa shape index (κ3) is 3.58. The quantitative estimate of drug-likeness (QED) is 0.628. The summed E-state index contributed by atoms with van der Waals surface area (Å²) in [7, 11) is 1.85. The van der Waals surface area contributed by atoms with Gasteiger partial charge in [0.1, 0.15) is 12.1 Å². The van der Waals surface area contributed by atoms with Crippen molar-refractivity contribution in [3.63, 3.8) is 0 Å². The van der Waals surface area contributed by atoms with E-state index in [4.69, 9.17) is 0 Å². The van der Waals surface area contributed by atoms with Gasteiger partial charge in [0, 0.05) is 51.6 Å². The number of Topliss-reactive ketones (excluding diaryl/α,β-unsaturated/α-hetero) is 1. The highest BCUT2D eigenvalue weighted by atomic mass is 16.2. The van der Waals surface area contributed by atoms with Crippen LogP contribution in [0.5, 0.6) is 0 Å². The molecule has 1 saturated heterocycles. The average molecular weight is 378 g/mol. The fourth-order valence-electron chi connectivity index (χ4n) is 3.52. The predicted molar refractivity (Wildman–Crippen MR) is 105 cm³/mol. The number of aromatic nitrogens is 4. The Balaban J connectivity index is 1.33. The Hall–Kier alpha value is -3.29. The minimum Gasteiger partial charge on any atom is -0.352 e. The SMILES string of the molecule is Cn1ncc2c(N3CCN(C(=O)CCC(=O)c4ccccc4)CC3)ncnc21. The third-order valence-electron chi connectivity index (χ3n) is 5.10. The highest BCUT2D eigenvalue weighted by Gasteiger charge is 2.24. The molecule has 1 aliphatic heterocycles. The molecule has 1 fully saturated rings. The van der Waals surface area contributed by atoms with E-state index in [0.29, 0.717) is 31.7 Å². The van der Waals surface area contributed by atoms with E-state index in [1.165, 1.54) is 0 Å². The number of carbonyl (C=O) groups is 2. The first-order chi connectivity index (χ1) is 13.6. The third-order valence-corrected chi connectivity index (χ3v) is 5.10. The van der Waals surface area contributed by atoms with E-state index in [1.54, 1.807) is 29.3 Å². The Labute approximate surface area is 162 Å².